The summed E-state index contributed by atoms with van der Waals surface area (Å²) in [6.45, 7) is 0. The molecule has 1 unspecified atom stereocenters. The van der Waals surface area contributed by atoms with Gasteiger partial charge in [-0.05, 0) is 48.4 Å². The number of carboxylic acids is 1. The second-order valence-electron chi connectivity index (χ2n) is 4.83. The van der Waals surface area contributed by atoms with Gasteiger partial charge in [0.05, 0.1) is 11.7 Å². The number of nitrogens with zero attached hydrogens (tertiary/aromatic N) is 1. The molecule has 0 aliphatic heterocycles. The summed E-state index contributed by atoms with van der Waals surface area (Å²) < 4.78 is 0. The molecule has 0 saturated carbocycles. The van der Waals surface area contributed by atoms with E-state index in [0.29, 0.717) is 11.5 Å². The average molecular weight is 289 g/mol. The fourth-order valence-corrected chi connectivity index (χ4v) is 3.49. The molecule has 104 valence electrons. The molecule has 2 aromatic rings. The third kappa shape index (κ3) is 2.34. The number of nitrogens with two attached hydrogens (primary N) is 1. The van der Waals surface area contributed by atoms with Gasteiger partial charge in [-0.3, -0.25) is 0 Å². The van der Waals surface area contributed by atoms with Gasteiger partial charge < -0.3 is 16.2 Å². The highest BCUT2D eigenvalue weighted by Crippen LogP contribution is 2.36. The van der Waals surface area contributed by atoms with Gasteiger partial charge in [0.15, 0.2) is 11.5 Å². The Bertz CT molecular complexity index is 654. The highest BCUT2D eigenvalue weighted by atomic mass is 32.1. The van der Waals surface area contributed by atoms with Crippen molar-refractivity contribution in [3.05, 3.63) is 39.7 Å². The van der Waals surface area contributed by atoms with Crippen LogP contribution in [0.3, 0.4) is 0 Å². The van der Waals surface area contributed by atoms with Gasteiger partial charge in [0.25, 0.3) is 0 Å². The third-order valence-corrected chi connectivity index (χ3v) is 4.50. The van der Waals surface area contributed by atoms with Crippen molar-refractivity contribution in [3.63, 3.8) is 0 Å². The largest absolute Gasteiger partial charge is 0.477 e. The standard InChI is InChI=1S/C14H15N3O2S/c15-9-4-5-11(14(18)19)17-13(9)16-10-2-1-3-12-8(10)6-7-20-12/h4-7,10H,1-3,15H2,(H,16,17)(H,18,19). The number of nitrogen functional groups attached to an aromatic ring is 1. The highest BCUT2D eigenvalue weighted by molar-refractivity contribution is 7.10. The number of fused-ring (bicyclic) bond motifs is 1. The summed E-state index contributed by atoms with van der Waals surface area (Å²) >= 11 is 1.77. The number of aryl methyl sites for hydroxylation is 1. The molecule has 6 heteroatoms. The first kappa shape index (κ1) is 12.9. The van der Waals surface area contributed by atoms with E-state index in [0.717, 1.165) is 19.3 Å². The van der Waals surface area contributed by atoms with E-state index in [9.17, 15) is 4.79 Å². The lowest BCUT2D eigenvalue weighted by Gasteiger charge is -2.24. The molecule has 0 spiro atoms. The summed E-state index contributed by atoms with van der Waals surface area (Å²) in [6.07, 6.45) is 3.23. The van der Waals surface area contributed by atoms with Crippen molar-refractivity contribution in [3.8, 4) is 0 Å². The minimum absolute atomic E-state index is 0.00283. The summed E-state index contributed by atoms with van der Waals surface area (Å²) in [6, 6.07) is 5.27. The summed E-state index contributed by atoms with van der Waals surface area (Å²) in [5.74, 6) is -0.595. The molecule has 4 N–H and O–H groups in total. The summed E-state index contributed by atoms with van der Waals surface area (Å²) in [5, 5.41) is 14.4. The zero-order valence-electron chi connectivity index (χ0n) is 10.8. The van der Waals surface area contributed by atoms with Crippen molar-refractivity contribution >= 4 is 28.8 Å². The minimum Gasteiger partial charge on any atom is -0.477 e. The Morgan fingerprint density at radius 1 is 1.45 bits per heavy atom. The summed E-state index contributed by atoms with van der Waals surface area (Å²) in [7, 11) is 0. The molecular weight excluding hydrogens is 274 g/mol. The fraction of sp³-hybridized carbons (Fsp3) is 0.286. The molecule has 1 aliphatic carbocycles. The normalized spacial score (nSPS) is 17.5. The van der Waals surface area contributed by atoms with Crippen molar-refractivity contribution in [1.29, 1.82) is 0 Å². The number of anilines is 2. The van der Waals surface area contributed by atoms with Crippen molar-refractivity contribution in [2.45, 2.75) is 25.3 Å². The Balaban J connectivity index is 1.89. The van der Waals surface area contributed by atoms with Crippen LogP contribution in [0.25, 0.3) is 0 Å². The maximum absolute atomic E-state index is 11.0. The van der Waals surface area contributed by atoms with Crippen LogP contribution in [0.4, 0.5) is 11.5 Å². The molecule has 2 heterocycles. The number of hydrogen-bond acceptors (Lipinski definition) is 5. The minimum atomic E-state index is -1.05. The summed E-state index contributed by atoms with van der Waals surface area (Å²) in [4.78, 5) is 16.5. The quantitative estimate of drug-likeness (QED) is 0.808. The maximum Gasteiger partial charge on any atom is 0.354 e. The SMILES string of the molecule is Nc1ccc(C(=O)O)nc1NC1CCCc2sccc21. The molecule has 3 rings (SSSR count). The Kier molecular flexibility index (Phi) is 3.31. The van der Waals surface area contributed by atoms with Gasteiger partial charge in [0.2, 0.25) is 0 Å². The predicted molar refractivity (Wildman–Crippen MR) is 79.2 cm³/mol. The van der Waals surface area contributed by atoms with Crippen molar-refractivity contribution < 1.29 is 9.90 Å². The Morgan fingerprint density at radius 2 is 2.30 bits per heavy atom. The number of pyridine rings is 1. The molecular formula is C14H15N3O2S. The van der Waals surface area contributed by atoms with E-state index in [-0.39, 0.29) is 11.7 Å². The van der Waals surface area contributed by atoms with Crippen LogP contribution in [-0.2, 0) is 6.42 Å². The van der Waals surface area contributed by atoms with Crippen LogP contribution < -0.4 is 11.1 Å². The molecule has 5 nitrogen and oxygen atoms in total. The topological polar surface area (TPSA) is 88.2 Å². The van der Waals surface area contributed by atoms with E-state index in [2.05, 4.69) is 21.7 Å². The van der Waals surface area contributed by atoms with E-state index in [1.54, 1.807) is 17.4 Å². The molecule has 0 bridgehead atoms. The molecule has 1 atom stereocenters. The van der Waals surface area contributed by atoms with E-state index in [1.165, 1.54) is 16.5 Å². The van der Waals surface area contributed by atoms with Gasteiger partial charge in [-0.2, -0.15) is 0 Å². The van der Waals surface area contributed by atoms with Crippen LogP contribution in [0.1, 0.15) is 39.8 Å². The Labute approximate surface area is 120 Å². The first-order valence-corrected chi connectivity index (χ1v) is 7.35. The van der Waals surface area contributed by atoms with E-state index in [4.69, 9.17) is 10.8 Å². The second-order valence-corrected chi connectivity index (χ2v) is 5.83. The zero-order valence-corrected chi connectivity index (χ0v) is 11.6. The summed E-state index contributed by atoms with van der Waals surface area (Å²) in [5.41, 5.74) is 7.64. The highest BCUT2D eigenvalue weighted by Gasteiger charge is 2.22. The van der Waals surface area contributed by atoms with Gasteiger partial charge in [-0.25, -0.2) is 9.78 Å². The van der Waals surface area contributed by atoms with Crippen molar-refractivity contribution in [2.75, 3.05) is 11.1 Å². The van der Waals surface area contributed by atoms with Crippen LogP contribution in [0, 0.1) is 0 Å². The van der Waals surface area contributed by atoms with E-state index in [1.807, 2.05) is 0 Å². The first-order chi connectivity index (χ1) is 9.65. The van der Waals surface area contributed by atoms with Gasteiger partial charge >= 0.3 is 5.97 Å². The molecule has 0 radical (unpaired) electrons. The number of thiophene rings is 1. The van der Waals surface area contributed by atoms with Crippen LogP contribution in [0.2, 0.25) is 0 Å². The zero-order chi connectivity index (χ0) is 14.1. The molecule has 0 amide bonds. The second kappa shape index (κ2) is 5.13. The monoisotopic (exact) mass is 289 g/mol. The van der Waals surface area contributed by atoms with Crippen LogP contribution in [0.15, 0.2) is 23.6 Å². The Hall–Kier alpha value is -2.08. The maximum atomic E-state index is 11.0. The lowest BCUT2D eigenvalue weighted by atomic mass is 9.94. The molecule has 2 aromatic heterocycles. The van der Waals surface area contributed by atoms with Crippen molar-refractivity contribution in [1.82, 2.24) is 4.98 Å². The Morgan fingerprint density at radius 3 is 3.10 bits per heavy atom. The van der Waals surface area contributed by atoms with Crippen LogP contribution in [-0.4, -0.2) is 16.1 Å². The molecule has 1 aliphatic rings. The number of hydrogen-bond donors (Lipinski definition) is 3. The van der Waals surface area contributed by atoms with Gasteiger partial charge in [0.1, 0.15) is 0 Å². The van der Waals surface area contributed by atoms with E-state index >= 15 is 0 Å². The molecule has 20 heavy (non-hydrogen) atoms. The number of rotatable bonds is 3. The van der Waals surface area contributed by atoms with Crippen LogP contribution in [0.5, 0.6) is 0 Å². The van der Waals surface area contributed by atoms with Gasteiger partial charge in [-0.1, -0.05) is 0 Å². The van der Waals surface area contributed by atoms with Crippen LogP contribution >= 0.6 is 11.3 Å². The number of carbonyl (C=O) groups is 1. The number of nitrogens with one attached hydrogen (secondary N) is 1. The van der Waals surface area contributed by atoms with E-state index < -0.39 is 5.97 Å². The lowest BCUT2D eigenvalue weighted by Crippen LogP contribution is -2.18. The first-order valence-electron chi connectivity index (χ1n) is 6.48. The molecule has 0 fully saturated rings. The smallest absolute Gasteiger partial charge is 0.354 e. The average Bonchev–Trinajstić information content (AvgIpc) is 2.90. The van der Waals surface area contributed by atoms with Gasteiger partial charge in [-0.15, -0.1) is 11.3 Å². The molecule has 0 saturated heterocycles. The lowest BCUT2D eigenvalue weighted by molar-refractivity contribution is 0.0690. The van der Waals surface area contributed by atoms with Gasteiger partial charge in [0, 0.05) is 4.88 Å². The fourth-order valence-electron chi connectivity index (χ4n) is 2.51. The number of aromatic carboxylic acids is 1. The number of carboxylic acid groups (broad SMARTS) is 1. The number of aromatic nitrogens is 1. The van der Waals surface area contributed by atoms with Crippen molar-refractivity contribution in [2.24, 2.45) is 0 Å². The molecule has 0 aromatic carbocycles. The third-order valence-electron chi connectivity index (χ3n) is 3.51. The predicted octanol–water partition coefficient (Wildman–Crippen LogP) is 2.91.